The van der Waals surface area contributed by atoms with E-state index in [0.717, 1.165) is 24.2 Å². The molecule has 12 aromatic carbocycles. The standard InChI is InChI=1S/C70H46N2/c1-3-17-47-39-51(33-31-45(47)15-1)49-19-13-21-53(41-49)69-61-37-35-56(72-67-29-11-7-25-59(67)60-26-8-12-30-68(60)72)44-64(61)70(54-22-14-20-50(42-54)52-34-32-46-16-2-4-18-48(46)40-52)62-38-36-55(43-63(62)69)71-65-27-9-5-23-57(65)58-24-6-10-28-66(58)71/h1,3-15,17-44H,2,16H2. The monoisotopic (exact) mass is 914 g/mol. The number of fused-ring (bicyclic) bond motifs is 10. The number of benzene rings is 12. The fourth-order valence-corrected chi connectivity index (χ4v) is 12.2. The molecule has 0 saturated carbocycles. The first-order valence-corrected chi connectivity index (χ1v) is 25.2. The molecule has 0 bridgehead atoms. The molecule has 2 heterocycles. The van der Waals surface area contributed by atoms with Crippen molar-refractivity contribution in [1.82, 2.24) is 9.13 Å². The van der Waals surface area contributed by atoms with Crippen LogP contribution in [0.5, 0.6) is 0 Å². The Morgan fingerprint density at radius 2 is 0.722 bits per heavy atom. The zero-order valence-corrected chi connectivity index (χ0v) is 39.6. The lowest BCUT2D eigenvalue weighted by atomic mass is 9.84. The Balaban J connectivity index is 1.06. The van der Waals surface area contributed by atoms with Crippen LogP contribution in [0, 0.1) is 0 Å². The normalized spacial score (nSPS) is 12.6. The molecule has 0 aliphatic heterocycles. The average molecular weight is 915 g/mol. The van der Waals surface area contributed by atoms with Gasteiger partial charge in [0.25, 0.3) is 0 Å². The summed E-state index contributed by atoms with van der Waals surface area (Å²) in [4.78, 5) is 0. The fourth-order valence-electron chi connectivity index (χ4n) is 12.2. The van der Waals surface area contributed by atoms with E-state index in [4.69, 9.17) is 0 Å². The van der Waals surface area contributed by atoms with Crippen LogP contribution in [0.1, 0.15) is 17.5 Å². The average Bonchev–Trinajstić information content (AvgIpc) is 3.97. The van der Waals surface area contributed by atoms with Crippen molar-refractivity contribution in [2.75, 3.05) is 0 Å². The van der Waals surface area contributed by atoms with Gasteiger partial charge in [0.2, 0.25) is 0 Å². The molecule has 0 saturated heterocycles. The minimum atomic E-state index is 1.09. The Morgan fingerprint density at radius 1 is 0.278 bits per heavy atom. The second-order valence-corrected chi connectivity index (χ2v) is 19.5. The molecule has 0 atom stereocenters. The van der Waals surface area contributed by atoms with E-state index in [1.54, 1.807) is 0 Å². The molecule has 1 aliphatic carbocycles. The van der Waals surface area contributed by atoms with E-state index in [1.165, 1.54) is 132 Å². The lowest BCUT2D eigenvalue weighted by Crippen LogP contribution is -1.98. The molecule has 2 nitrogen and oxygen atoms in total. The fraction of sp³-hybridized carbons (Fsp3) is 0.0286. The molecule has 72 heavy (non-hydrogen) atoms. The third-order valence-electron chi connectivity index (χ3n) is 15.5. The van der Waals surface area contributed by atoms with Crippen LogP contribution in [0.25, 0.3) is 138 Å². The number of hydrogen-bond donors (Lipinski definition) is 0. The second kappa shape index (κ2) is 16.2. The predicted molar refractivity (Wildman–Crippen MR) is 307 cm³/mol. The summed E-state index contributed by atoms with van der Waals surface area (Å²) in [5.41, 5.74) is 19.5. The third kappa shape index (κ3) is 6.36. The van der Waals surface area contributed by atoms with Gasteiger partial charge in [0, 0.05) is 32.9 Å². The summed E-state index contributed by atoms with van der Waals surface area (Å²) in [5.74, 6) is 0. The summed E-state index contributed by atoms with van der Waals surface area (Å²) in [6.45, 7) is 0. The molecule has 0 N–H and O–H groups in total. The van der Waals surface area contributed by atoms with Gasteiger partial charge in [-0.1, -0.05) is 182 Å². The molecular formula is C70H46N2. The van der Waals surface area contributed by atoms with Gasteiger partial charge < -0.3 is 9.13 Å². The summed E-state index contributed by atoms with van der Waals surface area (Å²) in [5, 5.41) is 12.3. The van der Waals surface area contributed by atoms with E-state index in [1.807, 2.05) is 0 Å². The van der Waals surface area contributed by atoms with Gasteiger partial charge in [-0.3, -0.25) is 0 Å². The minimum Gasteiger partial charge on any atom is -0.309 e. The smallest absolute Gasteiger partial charge is 0.0541 e. The predicted octanol–water partition coefficient (Wildman–Crippen LogP) is 19.0. The first-order valence-electron chi connectivity index (χ1n) is 25.2. The SMILES string of the molecule is C1=Cc2cc(-c3cccc(-c4c5ccc(-n6c7ccccc7c7ccccc76)cc5c(-c5cccc(-c6ccc7ccccc7c6)c5)c5ccc(-n6c7ccccc7c7ccccc76)cc45)c3)ccc2CC1. The van der Waals surface area contributed by atoms with Crippen LogP contribution in [0.2, 0.25) is 0 Å². The second-order valence-electron chi connectivity index (χ2n) is 19.5. The summed E-state index contributed by atoms with van der Waals surface area (Å²) >= 11 is 0. The van der Waals surface area contributed by atoms with Crippen molar-refractivity contribution in [3.8, 4) is 55.9 Å². The molecular weight excluding hydrogens is 869 g/mol. The van der Waals surface area contributed by atoms with Crippen LogP contribution < -0.4 is 0 Å². The topological polar surface area (TPSA) is 9.86 Å². The molecule has 2 heteroatoms. The van der Waals surface area contributed by atoms with Crippen LogP contribution in [0.3, 0.4) is 0 Å². The molecule has 336 valence electrons. The first-order chi connectivity index (χ1) is 35.7. The van der Waals surface area contributed by atoms with Gasteiger partial charge in [0.15, 0.2) is 0 Å². The van der Waals surface area contributed by atoms with E-state index in [9.17, 15) is 0 Å². The van der Waals surface area contributed by atoms with Gasteiger partial charge in [-0.25, -0.2) is 0 Å². The highest BCUT2D eigenvalue weighted by Crippen LogP contribution is 2.48. The zero-order chi connectivity index (χ0) is 47.3. The van der Waals surface area contributed by atoms with Crippen molar-refractivity contribution in [3.63, 3.8) is 0 Å². The maximum absolute atomic E-state index is 2.47. The molecule has 0 spiro atoms. The van der Waals surface area contributed by atoms with Crippen LogP contribution in [0.15, 0.2) is 249 Å². The lowest BCUT2D eigenvalue weighted by Gasteiger charge is -2.21. The molecule has 2 aromatic heterocycles. The number of aryl methyl sites for hydroxylation is 1. The minimum absolute atomic E-state index is 1.09. The van der Waals surface area contributed by atoms with Crippen LogP contribution in [-0.4, -0.2) is 9.13 Å². The Morgan fingerprint density at radius 3 is 1.26 bits per heavy atom. The highest BCUT2D eigenvalue weighted by atomic mass is 15.0. The molecule has 0 unspecified atom stereocenters. The van der Waals surface area contributed by atoms with Gasteiger partial charge in [0.1, 0.15) is 0 Å². The molecule has 0 amide bonds. The van der Waals surface area contributed by atoms with Gasteiger partial charge in [-0.2, -0.15) is 0 Å². The zero-order valence-electron chi connectivity index (χ0n) is 39.6. The van der Waals surface area contributed by atoms with Crippen molar-refractivity contribution < 1.29 is 0 Å². The van der Waals surface area contributed by atoms with Crippen molar-refractivity contribution >= 4 is 82.0 Å². The Hall–Kier alpha value is -9.24. The van der Waals surface area contributed by atoms with Crippen LogP contribution in [-0.2, 0) is 6.42 Å². The molecule has 14 aromatic rings. The summed E-state index contributed by atoms with van der Waals surface area (Å²) in [6.07, 6.45) is 6.79. The lowest BCUT2D eigenvalue weighted by molar-refractivity contribution is 0.986. The van der Waals surface area contributed by atoms with Crippen molar-refractivity contribution in [2.24, 2.45) is 0 Å². The third-order valence-corrected chi connectivity index (χ3v) is 15.5. The maximum atomic E-state index is 2.47. The quantitative estimate of drug-likeness (QED) is 0.147. The van der Waals surface area contributed by atoms with E-state index in [-0.39, 0.29) is 0 Å². The number of hydrogen-bond acceptors (Lipinski definition) is 0. The molecule has 1 aliphatic rings. The number of aromatic nitrogens is 2. The highest BCUT2D eigenvalue weighted by Gasteiger charge is 2.22. The van der Waals surface area contributed by atoms with Crippen molar-refractivity contribution in [3.05, 3.63) is 260 Å². The number of rotatable bonds is 6. The maximum Gasteiger partial charge on any atom is 0.0541 e. The van der Waals surface area contributed by atoms with Gasteiger partial charge >= 0.3 is 0 Å². The summed E-state index contributed by atoms with van der Waals surface area (Å²) in [7, 11) is 0. The molecule has 0 radical (unpaired) electrons. The highest BCUT2D eigenvalue weighted by molar-refractivity contribution is 6.23. The Bertz CT molecular complexity index is 4470. The van der Waals surface area contributed by atoms with E-state index >= 15 is 0 Å². The van der Waals surface area contributed by atoms with E-state index < -0.39 is 0 Å². The van der Waals surface area contributed by atoms with Gasteiger partial charge in [-0.15, -0.1) is 0 Å². The van der Waals surface area contributed by atoms with E-state index in [0.29, 0.717) is 0 Å². The number of nitrogens with zero attached hydrogens (tertiary/aromatic N) is 2. The number of para-hydroxylation sites is 4. The Labute approximate surface area is 417 Å². The van der Waals surface area contributed by atoms with E-state index in [2.05, 4.69) is 264 Å². The van der Waals surface area contributed by atoms with Crippen molar-refractivity contribution in [1.29, 1.82) is 0 Å². The summed E-state index contributed by atoms with van der Waals surface area (Å²) in [6, 6.07) is 90.8. The number of allylic oxidation sites excluding steroid dienone is 1. The van der Waals surface area contributed by atoms with Crippen LogP contribution in [0.4, 0.5) is 0 Å². The van der Waals surface area contributed by atoms with Crippen molar-refractivity contribution in [2.45, 2.75) is 12.8 Å². The first kappa shape index (κ1) is 40.6. The Kier molecular flexibility index (Phi) is 9.12. The van der Waals surface area contributed by atoms with Gasteiger partial charge in [0.05, 0.1) is 22.1 Å². The van der Waals surface area contributed by atoms with Crippen LogP contribution >= 0.6 is 0 Å². The van der Waals surface area contributed by atoms with Gasteiger partial charge in [-0.05, 0) is 174 Å². The summed E-state index contributed by atoms with van der Waals surface area (Å²) < 4.78 is 4.92. The largest absolute Gasteiger partial charge is 0.309 e. The molecule has 0 fully saturated rings. The molecule has 15 rings (SSSR count).